The van der Waals surface area contributed by atoms with E-state index in [0.29, 0.717) is 17.1 Å². The van der Waals surface area contributed by atoms with Crippen LogP contribution in [0.2, 0.25) is 0 Å². The predicted molar refractivity (Wildman–Crippen MR) is 109 cm³/mol. The SMILES string of the molecule is CN([C@H](Cc1ccccc1Oc1ccccc1)C(=O)O)S(=O)(=O)c1ccccc1. The van der Waals surface area contributed by atoms with Gasteiger partial charge in [0.15, 0.2) is 0 Å². The molecule has 29 heavy (non-hydrogen) atoms. The molecular weight excluding hydrogens is 390 g/mol. The Labute approximate surface area is 170 Å². The van der Waals surface area contributed by atoms with E-state index in [0.717, 1.165) is 4.31 Å². The number of aliphatic carboxylic acids is 1. The molecule has 0 amide bonds. The van der Waals surface area contributed by atoms with E-state index in [-0.39, 0.29) is 11.3 Å². The predicted octanol–water partition coefficient (Wildman–Crippen LogP) is 3.80. The molecule has 0 bridgehead atoms. The second-order valence-corrected chi connectivity index (χ2v) is 8.41. The lowest BCUT2D eigenvalue weighted by Gasteiger charge is -2.25. The molecule has 0 radical (unpaired) electrons. The van der Waals surface area contributed by atoms with E-state index in [9.17, 15) is 18.3 Å². The molecule has 0 aliphatic heterocycles. The van der Waals surface area contributed by atoms with Gasteiger partial charge in [0.05, 0.1) is 4.90 Å². The third kappa shape index (κ3) is 4.82. The molecule has 0 heterocycles. The van der Waals surface area contributed by atoms with Crippen molar-refractivity contribution in [2.75, 3.05) is 7.05 Å². The van der Waals surface area contributed by atoms with Crippen LogP contribution in [0.5, 0.6) is 11.5 Å². The molecule has 0 aliphatic rings. The number of carbonyl (C=O) groups is 1. The van der Waals surface area contributed by atoms with Gasteiger partial charge in [0.2, 0.25) is 10.0 Å². The van der Waals surface area contributed by atoms with Gasteiger partial charge in [-0.2, -0.15) is 4.31 Å². The average Bonchev–Trinajstić information content (AvgIpc) is 2.73. The number of hydrogen-bond donors (Lipinski definition) is 1. The van der Waals surface area contributed by atoms with Gasteiger partial charge in [-0.15, -0.1) is 0 Å². The molecule has 6 nitrogen and oxygen atoms in total. The van der Waals surface area contributed by atoms with Gasteiger partial charge in [-0.3, -0.25) is 4.79 Å². The highest BCUT2D eigenvalue weighted by Gasteiger charge is 2.33. The Kier molecular flexibility index (Phi) is 6.31. The van der Waals surface area contributed by atoms with Gasteiger partial charge in [0.25, 0.3) is 0 Å². The Morgan fingerprint density at radius 1 is 0.931 bits per heavy atom. The van der Waals surface area contributed by atoms with Crippen LogP contribution in [0, 0.1) is 0 Å². The second kappa shape index (κ2) is 8.89. The third-order valence-corrected chi connectivity index (χ3v) is 6.38. The molecule has 1 atom stereocenters. The number of benzene rings is 3. The van der Waals surface area contributed by atoms with Gasteiger partial charge in [0, 0.05) is 13.5 Å². The fraction of sp³-hybridized carbons (Fsp3) is 0.136. The molecule has 150 valence electrons. The quantitative estimate of drug-likeness (QED) is 0.610. The summed E-state index contributed by atoms with van der Waals surface area (Å²) in [6, 6.07) is 22.6. The van der Waals surface area contributed by atoms with E-state index in [1.165, 1.54) is 19.2 Å². The van der Waals surface area contributed by atoms with Crippen LogP contribution in [0.25, 0.3) is 0 Å². The van der Waals surface area contributed by atoms with Crippen LogP contribution in [0.1, 0.15) is 5.56 Å². The molecule has 3 aromatic rings. The van der Waals surface area contributed by atoms with Crippen LogP contribution in [0.3, 0.4) is 0 Å². The van der Waals surface area contributed by atoms with E-state index >= 15 is 0 Å². The van der Waals surface area contributed by atoms with Crippen molar-refractivity contribution in [3.8, 4) is 11.5 Å². The van der Waals surface area contributed by atoms with Crippen molar-refractivity contribution in [2.45, 2.75) is 17.4 Å². The maximum atomic E-state index is 12.9. The second-order valence-electron chi connectivity index (χ2n) is 6.42. The van der Waals surface area contributed by atoms with Crippen LogP contribution >= 0.6 is 0 Å². The number of para-hydroxylation sites is 2. The number of likely N-dealkylation sites (N-methyl/N-ethyl adjacent to an activating group) is 1. The first-order valence-electron chi connectivity index (χ1n) is 8.96. The highest BCUT2D eigenvalue weighted by Crippen LogP contribution is 2.28. The van der Waals surface area contributed by atoms with Crippen molar-refractivity contribution in [3.63, 3.8) is 0 Å². The fourth-order valence-electron chi connectivity index (χ4n) is 2.89. The fourth-order valence-corrected chi connectivity index (χ4v) is 4.23. The van der Waals surface area contributed by atoms with E-state index < -0.39 is 22.0 Å². The van der Waals surface area contributed by atoms with Crippen molar-refractivity contribution in [1.82, 2.24) is 4.31 Å². The summed E-state index contributed by atoms with van der Waals surface area (Å²) in [4.78, 5) is 12.0. The molecule has 0 unspecified atom stereocenters. The Hall–Kier alpha value is -3.16. The Balaban J connectivity index is 1.89. The summed E-state index contributed by atoms with van der Waals surface area (Å²) in [6.07, 6.45) is -0.0408. The zero-order chi connectivity index (χ0) is 20.9. The van der Waals surface area contributed by atoms with Crippen molar-refractivity contribution >= 4 is 16.0 Å². The molecule has 0 saturated heterocycles. The van der Waals surface area contributed by atoms with Crippen LogP contribution in [-0.2, 0) is 21.2 Å². The van der Waals surface area contributed by atoms with Gasteiger partial charge < -0.3 is 9.84 Å². The summed E-state index contributed by atoms with van der Waals surface area (Å²) >= 11 is 0. The molecule has 0 fully saturated rings. The smallest absolute Gasteiger partial charge is 0.322 e. The first-order valence-corrected chi connectivity index (χ1v) is 10.4. The van der Waals surface area contributed by atoms with Crippen molar-refractivity contribution in [2.24, 2.45) is 0 Å². The molecule has 0 aromatic heterocycles. The van der Waals surface area contributed by atoms with Gasteiger partial charge in [-0.05, 0) is 35.9 Å². The zero-order valence-electron chi connectivity index (χ0n) is 15.8. The molecular formula is C22H21NO5S. The van der Waals surface area contributed by atoms with Crippen molar-refractivity contribution in [1.29, 1.82) is 0 Å². The first kappa shape index (κ1) is 20.6. The van der Waals surface area contributed by atoms with Crippen LogP contribution in [-0.4, -0.2) is 36.9 Å². The van der Waals surface area contributed by atoms with Gasteiger partial charge in [-0.25, -0.2) is 8.42 Å². The summed E-state index contributed by atoms with van der Waals surface area (Å²) in [5.74, 6) is -0.144. The molecule has 3 aromatic carbocycles. The van der Waals surface area contributed by atoms with E-state index in [2.05, 4.69) is 0 Å². The van der Waals surface area contributed by atoms with E-state index in [4.69, 9.17) is 4.74 Å². The summed E-state index contributed by atoms with van der Waals surface area (Å²) in [7, 11) is -2.68. The maximum absolute atomic E-state index is 12.9. The highest BCUT2D eigenvalue weighted by molar-refractivity contribution is 7.89. The lowest BCUT2D eigenvalue weighted by Crippen LogP contribution is -2.43. The van der Waals surface area contributed by atoms with Crippen molar-refractivity contribution < 1.29 is 23.1 Å². The Morgan fingerprint density at radius 2 is 1.48 bits per heavy atom. The minimum atomic E-state index is -3.96. The topological polar surface area (TPSA) is 83.9 Å². The lowest BCUT2D eigenvalue weighted by molar-refractivity contribution is -0.141. The number of rotatable bonds is 8. The zero-order valence-corrected chi connectivity index (χ0v) is 16.6. The summed E-state index contributed by atoms with van der Waals surface area (Å²) in [5.41, 5.74) is 0.596. The Bertz CT molecular complexity index is 1070. The number of sulfonamides is 1. The largest absolute Gasteiger partial charge is 0.480 e. The lowest BCUT2D eigenvalue weighted by atomic mass is 10.1. The van der Waals surface area contributed by atoms with E-state index in [1.54, 1.807) is 54.6 Å². The third-order valence-electron chi connectivity index (χ3n) is 4.50. The van der Waals surface area contributed by atoms with Crippen LogP contribution < -0.4 is 4.74 Å². The number of nitrogens with zero attached hydrogens (tertiary/aromatic N) is 1. The summed E-state index contributed by atoms with van der Waals surface area (Å²) in [5, 5.41) is 9.75. The molecule has 0 spiro atoms. The number of carboxylic acid groups (broad SMARTS) is 1. The average molecular weight is 411 g/mol. The minimum absolute atomic E-state index is 0.0408. The minimum Gasteiger partial charge on any atom is -0.480 e. The number of carboxylic acids is 1. The molecule has 1 N–H and O–H groups in total. The van der Waals surface area contributed by atoms with E-state index in [1.807, 2.05) is 18.2 Å². The van der Waals surface area contributed by atoms with Crippen LogP contribution in [0.15, 0.2) is 89.8 Å². The maximum Gasteiger partial charge on any atom is 0.322 e. The molecule has 0 saturated carbocycles. The first-order chi connectivity index (χ1) is 13.9. The van der Waals surface area contributed by atoms with Gasteiger partial charge in [0.1, 0.15) is 17.5 Å². The molecule has 3 rings (SSSR count). The normalized spacial score (nSPS) is 12.5. The van der Waals surface area contributed by atoms with Gasteiger partial charge in [-0.1, -0.05) is 54.6 Å². The molecule has 7 heteroatoms. The monoisotopic (exact) mass is 411 g/mol. The van der Waals surface area contributed by atoms with Crippen LogP contribution in [0.4, 0.5) is 0 Å². The summed E-state index contributed by atoms with van der Waals surface area (Å²) < 4.78 is 32.5. The molecule has 0 aliphatic carbocycles. The highest BCUT2D eigenvalue weighted by atomic mass is 32.2. The standard InChI is InChI=1S/C22H21NO5S/c1-23(29(26,27)19-13-6-3-7-14-19)20(22(24)25)16-17-10-8-9-15-21(17)28-18-11-4-2-5-12-18/h2-15,20H,16H2,1H3,(H,24,25)/t20-/m1/s1. The summed E-state index contributed by atoms with van der Waals surface area (Å²) in [6.45, 7) is 0. The Morgan fingerprint density at radius 3 is 2.10 bits per heavy atom. The van der Waals surface area contributed by atoms with Crippen molar-refractivity contribution in [3.05, 3.63) is 90.5 Å². The number of hydrogen-bond acceptors (Lipinski definition) is 4. The van der Waals surface area contributed by atoms with Gasteiger partial charge >= 0.3 is 5.97 Å². The number of ether oxygens (including phenoxy) is 1.